The van der Waals surface area contributed by atoms with Crippen molar-refractivity contribution in [1.82, 2.24) is 0 Å². The Morgan fingerprint density at radius 2 is 2.45 bits per heavy atom. The summed E-state index contributed by atoms with van der Waals surface area (Å²) in [5.74, 6) is 0. The molecule has 0 N–H and O–H groups in total. The van der Waals surface area contributed by atoms with Crippen molar-refractivity contribution >= 4 is 21.6 Å². The van der Waals surface area contributed by atoms with Crippen LogP contribution in [-0.4, -0.2) is 6.26 Å². The molecule has 0 radical (unpaired) electrons. The summed E-state index contributed by atoms with van der Waals surface area (Å²) in [4.78, 5) is 0. The molecule has 0 saturated heterocycles. The summed E-state index contributed by atoms with van der Waals surface area (Å²) in [5, 5.41) is 0.587. The molecule has 1 aromatic heterocycles. The van der Waals surface area contributed by atoms with Gasteiger partial charge in [-0.3, -0.25) is 0 Å². The molecular weight excluding hydrogens is 176 g/mol. The van der Waals surface area contributed by atoms with Gasteiger partial charge < -0.3 is 4.42 Å². The van der Waals surface area contributed by atoms with Crippen LogP contribution in [0.25, 0.3) is 0 Å². The van der Waals surface area contributed by atoms with Crippen LogP contribution >= 0.6 is 21.6 Å². The molecule has 0 aliphatic heterocycles. The minimum absolute atomic E-state index is 0.587. The Kier molecular flexibility index (Phi) is 3.94. The minimum Gasteiger partial charge on any atom is -0.472 e. The Hall–Kier alpha value is -0.0200. The highest BCUT2D eigenvalue weighted by Crippen LogP contribution is 2.38. The topological polar surface area (TPSA) is 13.1 Å². The van der Waals surface area contributed by atoms with Gasteiger partial charge in [-0.05, 0) is 18.7 Å². The Bertz CT molecular complexity index is 184. The van der Waals surface area contributed by atoms with Gasteiger partial charge in [0.05, 0.1) is 12.5 Å². The first-order chi connectivity index (χ1) is 5.38. The zero-order chi connectivity index (χ0) is 8.10. The fourth-order valence-electron chi connectivity index (χ4n) is 0.934. The van der Waals surface area contributed by atoms with Crippen LogP contribution in [-0.2, 0) is 0 Å². The molecule has 0 aromatic carbocycles. The molecule has 0 fully saturated rings. The van der Waals surface area contributed by atoms with E-state index >= 15 is 0 Å². The molecule has 0 amide bonds. The molecule has 1 nitrogen and oxygen atoms in total. The Morgan fingerprint density at radius 3 is 2.91 bits per heavy atom. The lowest BCUT2D eigenvalue weighted by Gasteiger charge is -2.08. The zero-order valence-electron chi connectivity index (χ0n) is 6.74. The van der Waals surface area contributed by atoms with Crippen LogP contribution in [0.5, 0.6) is 0 Å². The van der Waals surface area contributed by atoms with E-state index in [-0.39, 0.29) is 0 Å². The van der Waals surface area contributed by atoms with Crippen LogP contribution in [0, 0.1) is 0 Å². The van der Waals surface area contributed by atoms with E-state index in [1.807, 2.05) is 33.9 Å². The molecule has 0 aliphatic rings. The highest BCUT2D eigenvalue weighted by Gasteiger charge is 2.09. The van der Waals surface area contributed by atoms with Gasteiger partial charge in [-0.15, -0.1) is 0 Å². The smallest absolute Gasteiger partial charge is 0.0946 e. The SMILES string of the molecule is CCC(SSC)c1ccoc1. The molecule has 0 spiro atoms. The number of hydrogen-bond acceptors (Lipinski definition) is 3. The van der Waals surface area contributed by atoms with Crippen molar-refractivity contribution < 1.29 is 4.42 Å². The van der Waals surface area contributed by atoms with Crippen LogP contribution < -0.4 is 0 Å². The van der Waals surface area contributed by atoms with E-state index in [4.69, 9.17) is 4.42 Å². The molecule has 1 atom stereocenters. The minimum atomic E-state index is 0.587. The molecule has 11 heavy (non-hydrogen) atoms. The van der Waals surface area contributed by atoms with E-state index in [0.717, 1.165) is 6.42 Å². The summed E-state index contributed by atoms with van der Waals surface area (Å²) in [6, 6.07) is 2.04. The van der Waals surface area contributed by atoms with E-state index in [2.05, 4.69) is 13.2 Å². The van der Waals surface area contributed by atoms with Crippen LogP contribution in [0.15, 0.2) is 23.0 Å². The summed E-state index contributed by atoms with van der Waals surface area (Å²) < 4.78 is 5.02. The number of rotatable bonds is 4. The molecular formula is C8H12OS2. The summed E-state index contributed by atoms with van der Waals surface area (Å²) in [5.41, 5.74) is 1.30. The predicted molar refractivity (Wildman–Crippen MR) is 52.8 cm³/mol. The first-order valence-electron chi connectivity index (χ1n) is 3.60. The lowest BCUT2D eigenvalue weighted by molar-refractivity contribution is 0.563. The van der Waals surface area contributed by atoms with E-state index in [9.17, 15) is 0 Å². The van der Waals surface area contributed by atoms with Crippen molar-refractivity contribution in [2.24, 2.45) is 0 Å². The van der Waals surface area contributed by atoms with Crippen LogP contribution in [0.4, 0.5) is 0 Å². The third kappa shape index (κ3) is 2.49. The van der Waals surface area contributed by atoms with Crippen LogP contribution in [0.2, 0.25) is 0 Å². The van der Waals surface area contributed by atoms with Gasteiger partial charge in [-0.2, -0.15) is 0 Å². The number of furan rings is 1. The molecule has 3 heteroatoms. The number of hydrogen-bond donors (Lipinski definition) is 0. The summed E-state index contributed by atoms with van der Waals surface area (Å²) in [6.07, 6.45) is 6.83. The lowest BCUT2D eigenvalue weighted by atomic mass is 10.2. The van der Waals surface area contributed by atoms with Gasteiger partial charge in [0, 0.05) is 10.8 Å². The van der Waals surface area contributed by atoms with E-state index in [1.54, 1.807) is 6.26 Å². The predicted octanol–water partition coefficient (Wildman–Crippen LogP) is 3.74. The van der Waals surface area contributed by atoms with Crippen molar-refractivity contribution in [2.45, 2.75) is 18.6 Å². The molecule has 62 valence electrons. The van der Waals surface area contributed by atoms with Gasteiger partial charge in [0.25, 0.3) is 0 Å². The third-order valence-corrected chi connectivity index (χ3v) is 3.80. The fourth-order valence-corrected chi connectivity index (χ4v) is 2.99. The summed E-state index contributed by atoms with van der Waals surface area (Å²) in [6.45, 7) is 2.20. The maximum atomic E-state index is 5.02. The van der Waals surface area contributed by atoms with Crippen molar-refractivity contribution in [3.05, 3.63) is 24.2 Å². The second kappa shape index (κ2) is 4.78. The van der Waals surface area contributed by atoms with Crippen LogP contribution in [0.3, 0.4) is 0 Å². The van der Waals surface area contributed by atoms with Crippen molar-refractivity contribution in [1.29, 1.82) is 0 Å². The second-order valence-electron chi connectivity index (χ2n) is 2.22. The first-order valence-corrected chi connectivity index (χ1v) is 6.22. The van der Waals surface area contributed by atoms with Crippen LogP contribution in [0.1, 0.15) is 24.2 Å². The normalized spacial score (nSPS) is 13.3. The molecule has 0 saturated carbocycles. The average molecular weight is 188 g/mol. The molecule has 1 aromatic rings. The van der Waals surface area contributed by atoms with Gasteiger partial charge >= 0.3 is 0 Å². The van der Waals surface area contributed by atoms with Gasteiger partial charge in [0.2, 0.25) is 0 Å². The third-order valence-electron chi connectivity index (χ3n) is 1.50. The average Bonchev–Trinajstić information content (AvgIpc) is 2.52. The van der Waals surface area contributed by atoms with E-state index in [0.29, 0.717) is 5.25 Å². The lowest BCUT2D eigenvalue weighted by Crippen LogP contribution is -1.86. The molecule has 1 heterocycles. The van der Waals surface area contributed by atoms with E-state index in [1.165, 1.54) is 5.56 Å². The zero-order valence-corrected chi connectivity index (χ0v) is 8.37. The monoisotopic (exact) mass is 188 g/mol. The van der Waals surface area contributed by atoms with Crippen molar-refractivity contribution in [2.75, 3.05) is 6.26 Å². The van der Waals surface area contributed by atoms with Gasteiger partial charge in [0.1, 0.15) is 0 Å². The highest BCUT2D eigenvalue weighted by atomic mass is 33.1. The summed E-state index contributed by atoms with van der Waals surface area (Å²) >= 11 is 0. The fraction of sp³-hybridized carbons (Fsp3) is 0.500. The highest BCUT2D eigenvalue weighted by molar-refractivity contribution is 8.76. The van der Waals surface area contributed by atoms with Crippen molar-refractivity contribution in [3.8, 4) is 0 Å². The van der Waals surface area contributed by atoms with Crippen molar-refractivity contribution in [3.63, 3.8) is 0 Å². The quantitative estimate of drug-likeness (QED) is 0.668. The molecule has 0 aliphatic carbocycles. The Labute approximate surface area is 75.3 Å². The Morgan fingerprint density at radius 1 is 1.64 bits per heavy atom. The standard InChI is InChI=1S/C8H12OS2/c1-3-8(11-10-2)7-4-5-9-6-7/h4-6,8H,3H2,1-2H3. The van der Waals surface area contributed by atoms with Gasteiger partial charge in [0.15, 0.2) is 0 Å². The molecule has 0 bridgehead atoms. The first kappa shape index (κ1) is 9.07. The summed E-state index contributed by atoms with van der Waals surface area (Å²) in [7, 11) is 3.70. The Balaban J connectivity index is 2.56. The largest absolute Gasteiger partial charge is 0.472 e. The molecule has 1 unspecified atom stereocenters. The maximum absolute atomic E-state index is 5.02. The van der Waals surface area contributed by atoms with Gasteiger partial charge in [-0.1, -0.05) is 28.5 Å². The molecule has 1 rings (SSSR count). The second-order valence-corrected chi connectivity index (χ2v) is 4.89. The van der Waals surface area contributed by atoms with E-state index < -0.39 is 0 Å². The van der Waals surface area contributed by atoms with Gasteiger partial charge in [-0.25, -0.2) is 0 Å². The maximum Gasteiger partial charge on any atom is 0.0946 e.